The van der Waals surface area contributed by atoms with E-state index in [1.807, 2.05) is 6.92 Å². The number of likely N-dealkylation sites (N-methyl/N-ethyl adjacent to an activating group) is 1. The molecule has 2 atom stereocenters. The van der Waals surface area contributed by atoms with E-state index in [2.05, 4.69) is 35.6 Å². The van der Waals surface area contributed by atoms with E-state index in [0.29, 0.717) is 54.0 Å². The zero-order chi connectivity index (χ0) is 29.8. The van der Waals surface area contributed by atoms with Crippen LogP contribution in [0.15, 0.2) is 41.8 Å². The monoisotopic (exact) mass is 608 g/mol. The average molecular weight is 609 g/mol. The van der Waals surface area contributed by atoms with Gasteiger partial charge in [-0.15, -0.1) is 0 Å². The molecule has 43 heavy (non-hydrogen) atoms. The van der Waals surface area contributed by atoms with Crippen molar-refractivity contribution in [1.82, 2.24) is 29.6 Å². The Bertz CT molecular complexity index is 1640. The van der Waals surface area contributed by atoms with E-state index in [0.717, 1.165) is 19.3 Å². The molecule has 0 radical (unpaired) electrons. The Labute approximate surface area is 249 Å². The Morgan fingerprint density at radius 1 is 1.02 bits per heavy atom. The molecular formula is C29H36N8O5S. The molecule has 1 aliphatic heterocycles. The van der Waals surface area contributed by atoms with E-state index in [-0.39, 0.29) is 22.2 Å². The number of urea groups is 1. The maximum atomic E-state index is 13.5. The molecular weight excluding hydrogens is 572 g/mol. The van der Waals surface area contributed by atoms with Crippen LogP contribution < -0.4 is 20.7 Å². The number of anilines is 2. The first-order valence-corrected chi connectivity index (χ1v) is 16.5. The van der Waals surface area contributed by atoms with Crippen LogP contribution >= 0.6 is 0 Å². The fraction of sp³-hybridized carbons (Fsp3) is 0.552. The highest BCUT2D eigenvalue weighted by molar-refractivity contribution is 7.89. The molecule has 4 N–H and O–H groups in total. The third-order valence-electron chi connectivity index (χ3n) is 9.33. The summed E-state index contributed by atoms with van der Waals surface area (Å²) in [7, 11) is -3.78. The maximum Gasteiger partial charge on any atom is 0.324 e. The van der Waals surface area contributed by atoms with E-state index in [1.165, 1.54) is 31.7 Å². The fourth-order valence-electron chi connectivity index (χ4n) is 8.05. The van der Waals surface area contributed by atoms with Crippen molar-refractivity contribution in [3.05, 3.63) is 36.9 Å². The zero-order valence-electron chi connectivity index (χ0n) is 24.0. The first-order chi connectivity index (χ1) is 20.7. The fourth-order valence-corrected chi connectivity index (χ4v) is 9.53. The summed E-state index contributed by atoms with van der Waals surface area (Å²) in [6.45, 7) is 2.38. The minimum atomic E-state index is -3.78. The Kier molecular flexibility index (Phi) is 7.09. The van der Waals surface area contributed by atoms with Crippen LogP contribution in [0.1, 0.15) is 64.5 Å². The van der Waals surface area contributed by atoms with Crippen molar-refractivity contribution >= 4 is 44.6 Å². The van der Waals surface area contributed by atoms with Crippen molar-refractivity contribution in [2.24, 2.45) is 17.8 Å². The van der Waals surface area contributed by atoms with Gasteiger partial charge in [0.25, 0.3) is 0 Å². The lowest BCUT2D eigenvalue weighted by Gasteiger charge is -2.56. The summed E-state index contributed by atoms with van der Waals surface area (Å²) in [5, 5.41) is 8.18. The SMILES string of the molecule is CCNC(=O)[C@@H]1CC[C@H](n2cnc3c(NC(=O)Nc4cccc(S(=O)(=O)NC56CC7CC(CC(C7)C5)C6)c4)ncnc32)O1. The van der Waals surface area contributed by atoms with Gasteiger partial charge in [0.15, 0.2) is 17.0 Å². The van der Waals surface area contributed by atoms with Crippen molar-refractivity contribution in [3.8, 4) is 0 Å². The lowest BCUT2D eigenvalue weighted by molar-refractivity contribution is -0.133. The molecule has 1 saturated heterocycles. The molecule has 0 spiro atoms. The first kappa shape index (κ1) is 28.2. The number of amides is 3. The van der Waals surface area contributed by atoms with E-state index in [4.69, 9.17) is 4.74 Å². The standard InChI is InChI=1S/C29H36N8O5S/c1-2-30-27(38)22-6-7-23(42-22)37-16-33-24-25(31-15-32-26(24)37)35-28(39)34-20-4-3-5-21(11-20)43(40,41)36-29-12-17-8-18(13-29)10-19(9-17)14-29/h3-5,11,15-19,22-23,36H,2,6-10,12-14H2,1H3,(H,30,38)(H2,31,32,34,35,39)/t17?,18?,19?,22-,23+,29?/m0/s1. The molecule has 4 saturated carbocycles. The van der Waals surface area contributed by atoms with Crippen LogP contribution in [-0.4, -0.2) is 58.1 Å². The van der Waals surface area contributed by atoms with Crippen LogP contribution in [0.25, 0.3) is 11.2 Å². The zero-order valence-corrected chi connectivity index (χ0v) is 24.8. The Morgan fingerprint density at radius 2 is 1.77 bits per heavy atom. The first-order valence-electron chi connectivity index (χ1n) is 15.0. The number of aromatic nitrogens is 4. The van der Waals surface area contributed by atoms with Crippen LogP contribution in [-0.2, 0) is 19.6 Å². The lowest BCUT2D eigenvalue weighted by Crippen LogP contribution is -2.59. The second-order valence-corrected chi connectivity index (χ2v) is 14.2. The Hall–Kier alpha value is -3.62. The van der Waals surface area contributed by atoms with Gasteiger partial charge < -0.3 is 15.4 Å². The maximum absolute atomic E-state index is 13.5. The molecule has 3 amide bonds. The number of nitrogens with one attached hydrogen (secondary N) is 4. The number of benzene rings is 1. The van der Waals surface area contributed by atoms with Crippen molar-refractivity contribution < 1.29 is 22.7 Å². The molecule has 8 rings (SSSR count). The largest absolute Gasteiger partial charge is 0.354 e. The topological polar surface area (TPSA) is 169 Å². The molecule has 5 aliphatic rings. The van der Waals surface area contributed by atoms with Gasteiger partial charge >= 0.3 is 6.03 Å². The van der Waals surface area contributed by atoms with Crippen molar-refractivity contribution in [2.45, 2.75) is 81.1 Å². The molecule has 4 aliphatic carbocycles. The Morgan fingerprint density at radius 3 is 2.49 bits per heavy atom. The second-order valence-electron chi connectivity index (χ2n) is 12.5. The summed E-state index contributed by atoms with van der Waals surface area (Å²) in [5.74, 6) is 1.87. The van der Waals surface area contributed by atoms with Crippen molar-refractivity contribution in [1.29, 1.82) is 0 Å². The molecule has 14 heteroatoms. The molecule has 3 heterocycles. The number of carbonyl (C=O) groups is 2. The van der Waals surface area contributed by atoms with Gasteiger partial charge in [0.2, 0.25) is 15.9 Å². The second kappa shape index (κ2) is 10.8. The highest BCUT2D eigenvalue weighted by Gasteiger charge is 2.52. The number of hydrogen-bond donors (Lipinski definition) is 4. The lowest BCUT2D eigenvalue weighted by atomic mass is 9.53. The smallest absolute Gasteiger partial charge is 0.324 e. The summed E-state index contributed by atoms with van der Waals surface area (Å²) in [4.78, 5) is 38.2. The van der Waals surface area contributed by atoms with Crippen molar-refractivity contribution in [2.75, 3.05) is 17.2 Å². The molecule has 228 valence electrons. The summed E-state index contributed by atoms with van der Waals surface area (Å²) >= 11 is 0. The summed E-state index contributed by atoms with van der Waals surface area (Å²) in [5.41, 5.74) is 0.787. The number of imidazole rings is 1. The predicted octanol–water partition coefficient (Wildman–Crippen LogP) is 3.53. The molecule has 5 fully saturated rings. The van der Waals surface area contributed by atoms with Gasteiger partial charge in [-0.3, -0.25) is 14.7 Å². The predicted molar refractivity (Wildman–Crippen MR) is 157 cm³/mol. The van der Waals surface area contributed by atoms with Gasteiger partial charge in [0.05, 0.1) is 11.2 Å². The molecule has 1 aromatic carbocycles. The van der Waals surface area contributed by atoms with Gasteiger partial charge in [-0.25, -0.2) is 32.9 Å². The van der Waals surface area contributed by atoms with Gasteiger partial charge in [0.1, 0.15) is 18.7 Å². The molecule has 2 aromatic heterocycles. The van der Waals surface area contributed by atoms with Gasteiger partial charge in [-0.1, -0.05) is 6.07 Å². The number of rotatable bonds is 8. The van der Waals surface area contributed by atoms with E-state index >= 15 is 0 Å². The van der Waals surface area contributed by atoms with Gasteiger partial charge in [0, 0.05) is 17.8 Å². The summed E-state index contributed by atoms with van der Waals surface area (Å²) < 4.78 is 37.7. The highest BCUT2D eigenvalue weighted by atomic mass is 32.2. The third kappa shape index (κ3) is 5.47. The summed E-state index contributed by atoms with van der Waals surface area (Å²) in [6, 6.07) is 5.66. The van der Waals surface area contributed by atoms with Crippen LogP contribution in [0.4, 0.5) is 16.3 Å². The van der Waals surface area contributed by atoms with E-state index in [9.17, 15) is 18.0 Å². The van der Waals surface area contributed by atoms with Gasteiger partial charge in [-0.05, 0) is 94.2 Å². The van der Waals surface area contributed by atoms with Gasteiger partial charge in [-0.2, -0.15) is 0 Å². The Balaban J connectivity index is 1.03. The summed E-state index contributed by atoms with van der Waals surface area (Å²) in [6.07, 6.45) is 9.47. The van der Waals surface area contributed by atoms with Crippen LogP contribution in [0, 0.1) is 17.8 Å². The highest BCUT2D eigenvalue weighted by Crippen LogP contribution is 2.56. The molecule has 0 unspecified atom stereocenters. The quantitative estimate of drug-likeness (QED) is 0.301. The van der Waals surface area contributed by atoms with Crippen LogP contribution in [0.3, 0.4) is 0 Å². The molecule has 13 nitrogen and oxygen atoms in total. The van der Waals surface area contributed by atoms with E-state index in [1.54, 1.807) is 29.1 Å². The van der Waals surface area contributed by atoms with Crippen LogP contribution in [0.2, 0.25) is 0 Å². The minimum absolute atomic E-state index is 0.117. The number of hydrogen-bond acceptors (Lipinski definition) is 8. The third-order valence-corrected chi connectivity index (χ3v) is 10.9. The number of carbonyl (C=O) groups excluding carboxylic acids is 2. The normalized spacial score (nSPS) is 29.6. The number of nitrogens with zero attached hydrogens (tertiary/aromatic N) is 4. The molecule has 3 aromatic rings. The van der Waals surface area contributed by atoms with Crippen LogP contribution in [0.5, 0.6) is 0 Å². The van der Waals surface area contributed by atoms with E-state index < -0.39 is 28.4 Å². The van der Waals surface area contributed by atoms with Crippen molar-refractivity contribution in [3.63, 3.8) is 0 Å². The average Bonchev–Trinajstić information content (AvgIpc) is 3.60. The minimum Gasteiger partial charge on any atom is -0.354 e. The number of sulfonamides is 1. The molecule has 4 bridgehead atoms. The number of fused-ring (bicyclic) bond motifs is 1. The number of ether oxygens (including phenoxy) is 1.